The number of hydrogen-bond donors (Lipinski definition) is 1. The van der Waals surface area contributed by atoms with E-state index in [1.165, 1.54) is 11.3 Å². The molecule has 1 amide bonds. The van der Waals surface area contributed by atoms with Gasteiger partial charge in [0.1, 0.15) is 0 Å². The predicted molar refractivity (Wildman–Crippen MR) is 85.1 cm³/mol. The number of carbonyl (C=O) groups excluding carboxylic acids is 1. The summed E-state index contributed by atoms with van der Waals surface area (Å²) < 4.78 is 6.21. The van der Waals surface area contributed by atoms with Crippen molar-refractivity contribution >= 4 is 44.2 Å². The molecule has 5 nitrogen and oxygen atoms in total. The number of amides is 1. The molecule has 3 rings (SSSR count). The summed E-state index contributed by atoms with van der Waals surface area (Å²) in [7, 11) is 0. The molecule has 0 bridgehead atoms. The number of ether oxygens (including phenoxy) is 1. The summed E-state index contributed by atoms with van der Waals surface area (Å²) in [6, 6.07) is 5.67. The fraction of sp³-hybridized carbons (Fsp3) is 0.429. The van der Waals surface area contributed by atoms with Crippen LogP contribution in [0.1, 0.15) is 6.42 Å². The number of carbonyl (C=O) groups is 1. The van der Waals surface area contributed by atoms with E-state index in [2.05, 4.69) is 10.3 Å². The Morgan fingerprint density at radius 3 is 3.00 bits per heavy atom. The molecule has 0 spiro atoms. The number of morpholine rings is 1. The minimum atomic E-state index is 0.157. The summed E-state index contributed by atoms with van der Waals surface area (Å²) in [5, 5.41) is 4.71. The fourth-order valence-electron chi connectivity index (χ4n) is 2.24. The molecule has 1 aromatic carbocycles. The quantitative estimate of drug-likeness (QED) is 0.939. The minimum Gasteiger partial charge on any atom is -0.378 e. The third kappa shape index (κ3) is 3.45. The highest BCUT2D eigenvalue weighted by Gasteiger charge is 2.16. The Hall–Kier alpha value is -1.37. The van der Waals surface area contributed by atoms with Gasteiger partial charge in [0.05, 0.1) is 28.5 Å². The van der Waals surface area contributed by atoms with Gasteiger partial charge in [-0.3, -0.25) is 4.79 Å². The number of anilines is 1. The molecule has 0 radical (unpaired) electrons. The second kappa shape index (κ2) is 6.60. The van der Waals surface area contributed by atoms with Gasteiger partial charge in [0, 0.05) is 26.1 Å². The summed E-state index contributed by atoms with van der Waals surface area (Å²) >= 11 is 7.64. The third-order valence-corrected chi connectivity index (χ3v) is 4.83. The molecule has 1 fully saturated rings. The number of benzene rings is 1. The number of nitrogens with one attached hydrogen (secondary N) is 1. The Kier molecular flexibility index (Phi) is 4.57. The molecule has 112 valence electrons. The first-order valence-corrected chi connectivity index (χ1v) is 8.08. The van der Waals surface area contributed by atoms with Gasteiger partial charge >= 0.3 is 0 Å². The molecule has 0 unspecified atom stereocenters. The average Bonchev–Trinajstić information content (AvgIpc) is 2.92. The number of rotatable bonds is 4. The van der Waals surface area contributed by atoms with Gasteiger partial charge in [0.2, 0.25) is 5.91 Å². The van der Waals surface area contributed by atoms with E-state index in [0.29, 0.717) is 44.3 Å². The van der Waals surface area contributed by atoms with Gasteiger partial charge in [-0.25, -0.2) is 4.98 Å². The summed E-state index contributed by atoms with van der Waals surface area (Å²) in [6.45, 7) is 3.23. The lowest BCUT2D eigenvalue weighted by atomic mass is 10.3. The van der Waals surface area contributed by atoms with E-state index in [9.17, 15) is 4.79 Å². The van der Waals surface area contributed by atoms with Crippen molar-refractivity contribution in [3.8, 4) is 0 Å². The fourth-order valence-corrected chi connectivity index (χ4v) is 3.42. The zero-order valence-electron chi connectivity index (χ0n) is 11.5. The van der Waals surface area contributed by atoms with Crippen molar-refractivity contribution < 1.29 is 9.53 Å². The Balaban J connectivity index is 1.54. The van der Waals surface area contributed by atoms with Crippen LogP contribution in [0.2, 0.25) is 5.02 Å². The second-order valence-electron chi connectivity index (χ2n) is 4.78. The maximum Gasteiger partial charge on any atom is 0.224 e. The van der Waals surface area contributed by atoms with Crippen molar-refractivity contribution in [3.05, 3.63) is 23.2 Å². The summed E-state index contributed by atoms with van der Waals surface area (Å²) in [4.78, 5) is 18.3. The van der Waals surface area contributed by atoms with E-state index in [1.807, 2.05) is 23.1 Å². The molecule has 1 N–H and O–H groups in total. The largest absolute Gasteiger partial charge is 0.378 e. The maximum absolute atomic E-state index is 12.0. The lowest BCUT2D eigenvalue weighted by Gasteiger charge is -2.26. The number of halogens is 1. The molecule has 7 heteroatoms. The Morgan fingerprint density at radius 1 is 1.43 bits per heavy atom. The highest BCUT2D eigenvalue weighted by atomic mass is 35.5. The number of thiazole rings is 1. The van der Waals surface area contributed by atoms with Crippen LogP contribution < -0.4 is 5.32 Å². The van der Waals surface area contributed by atoms with Crippen molar-refractivity contribution in [2.45, 2.75) is 6.42 Å². The maximum atomic E-state index is 12.0. The van der Waals surface area contributed by atoms with E-state index in [0.717, 1.165) is 15.3 Å². The molecule has 1 aliphatic heterocycles. The summed E-state index contributed by atoms with van der Waals surface area (Å²) in [5.41, 5.74) is 0.884. The normalized spacial score (nSPS) is 15.4. The molecular weight excluding hydrogens is 310 g/mol. The Morgan fingerprint density at radius 2 is 2.24 bits per heavy atom. The standard InChI is InChI=1S/C14H16ClN3O2S/c15-10-2-1-3-11-13(10)21-14(17-11)16-5-4-12(19)18-6-8-20-9-7-18/h1-3H,4-9H2,(H,16,17). The van der Waals surface area contributed by atoms with Crippen LogP contribution in [-0.4, -0.2) is 48.6 Å². The van der Waals surface area contributed by atoms with E-state index in [4.69, 9.17) is 16.3 Å². The molecule has 21 heavy (non-hydrogen) atoms. The molecule has 2 aromatic rings. The lowest BCUT2D eigenvalue weighted by molar-refractivity contribution is -0.134. The molecular formula is C14H16ClN3O2S. The molecule has 1 aromatic heterocycles. The van der Waals surface area contributed by atoms with Gasteiger partial charge in [-0.1, -0.05) is 29.0 Å². The van der Waals surface area contributed by atoms with Crippen LogP contribution >= 0.6 is 22.9 Å². The monoisotopic (exact) mass is 325 g/mol. The first-order chi connectivity index (χ1) is 10.2. The first kappa shape index (κ1) is 14.6. The Labute approximate surface area is 131 Å². The van der Waals surface area contributed by atoms with Gasteiger partial charge < -0.3 is 15.0 Å². The molecule has 0 saturated carbocycles. The first-order valence-electron chi connectivity index (χ1n) is 6.88. The average molecular weight is 326 g/mol. The van der Waals surface area contributed by atoms with Crippen LogP contribution in [0.4, 0.5) is 5.13 Å². The van der Waals surface area contributed by atoms with Crippen molar-refractivity contribution in [2.24, 2.45) is 0 Å². The molecule has 2 heterocycles. The van der Waals surface area contributed by atoms with Crippen molar-refractivity contribution in [1.29, 1.82) is 0 Å². The third-order valence-electron chi connectivity index (χ3n) is 3.35. The molecule has 1 aliphatic rings. The van der Waals surface area contributed by atoms with Gasteiger partial charge in [-0.2, -0.15) is 0 Å². The highest BCUT2D eigenvalue weighted by Crippen LogP contribution is 2.31. The second-order valence-corrected chi connectivity index (χ2v) is 6.18. The van der Waals surface area contributed by atoms with Crippen LogP contribution in [0.15, 0.2) is 18.2 Å². The van der Waals surface area contributed by atoms with Gasteiger partial charge in [-0.15, -0.1) is 0 Å². The van der Waals surface area contributed by atoms with Gasteiger partial charge in [0.15, 0.2) is 5.13 Å². The van der Waals surface area contributed by atoms with Crippen LogP contribution in [-0.2, 0) is 9.53 Å². The summed E-state index contributed by atoms with van der Waals surface area (Å²) in [5.74, 6) is 0.157. The smallest absolute Gasteiger partial charge is 0.224 e. The SMILES string of the molecule is O=C(CCNc1nc2cccc(Cl)c2s1)N1CCOCC1. The van der Waals surface area contributed by atoms with Crippen molar-refractivity contribution in [3.63, 3.8) is 0 Å². The van der Waals surface area contributed by atoms with Crippen LogP contribution in [0.5, 0.6) is 0 Å². The summed E-state index contributed by atoms with van der Waals surface area (Å²) in [6.07, 6.45) is 0.462. The van der Waals surface area contributed by atoms with Crippen molar-refractivity contribution in [2.75, 3.05) is 38.2 Å². The highest BCUT2D eigenvalue weighted by molar-refractivity contribution is 7.22. The van der Waals surface area contributed by atoms with Crippen LogP contribution in [0, 0.1) is 0 Å². The zero-order chi connectivity index (χ0) is 14.7. The van der Waals surface area contributed by atoms with E-state index >= 15 is 0 Å². The van der Waals surface area contributed by atoms with Crippen LogP contribution in [0.25, 0.3) is 10.2 Å². The number of fused-ring (bicyclic) bond motifs is 1. The molecule has 0 aliphatic carbocycles. The topological polar surface area (TPSA) is 54.5 Å². The van der Waals surface area contributed by atoms with E-state index in [-0.39, 0.29) is 5.91 Å². The Bertz CT molecular complexity index is 640. The zero-order valence-corrected chi connectivity index (χ0v) is 13.0. The van der Waals surface area contributed by atoms with E-state index < -0.39 is 0 Å². The minimum absolute atomic E-state index is 0.157. The number of aromatic nitrogens is 1. The van der Waals surface area contributed by atoms with Crippen LogP contribution in [0.3, 0.4) is 0 Å². The molecule has 0 atom stereocenters. The number of hydrogen-bond acceptors (Lipinski definition) is 5. The number of nitrogens with zero attached hydrogens (tertiary/aromatic N) is 2. The van der Waals surface area contributed by atoms with E-state index in [1.54, 1.807) is 0 Å². The lowest BCUT2D eigenvalue weighted by Crippen LogP contribution is -2.41. The van der Waals surface area contributed by atoms with Gasteiger partial charge in [-0.05, 0) is 12.1 Å². The van der Waals surface area contributed by atoms with Crippen molar-refractivity contribution in [1.82, 2.24) is 9.88 Å². The predicted octanol–water partition coefficient (Wildman–Crippen LogP) is 2.61. The molecule has 1 saturated heterocycles. The van der Waals surface area contributed by atoms with Gasteiger partial charge in [0.25, 0.3) is 0 Å².